The summed E-state index contributed by atoms with van der Waals surface area (Å²) in [4.78, 5) is 4.65. The van der Waals surface area contributed by atoms with Gasteiger partial charge in [0, 0.05) is 17.5 Å². The monoisotopic (exact) mass is 259 g/mol. The predicted octanol–water partition coefficient (Wildman–Crippen LogP) is 4.68. The highest BCUT2D eigenvalue weighted by molar-refractivity contribution is 5.55. The maximum absolute atomic E-state index is 4.65. The van der Waals surface area contributed by atoms with Crippen molar-refractivity contribution in [2.75, 3.05) is 0 Å². The first kappa shape index (κ1) is 15.4. The fourth-order valence-corrected chi connectivity index (χ4v) is 1.73. The second-order valence-corrected chi connectivity index (χ2v) is 4.85. The van der Waals surface area contributed by atoms with E-state index in [1.54, 1.807) is 0 Å². The molecule has 0 unspecified atom stereocenters. The number of hydrogen-bond donors (Lipinski definition) is 0. The van der Waals surface area contributed by atoms with Crippen LogP contribution >= 0.6 is 0 Å². The minimum Gasteiger partial charge on any atom is -0.243 e. The predicted molar refractivity (Wildman–Crippen MR) is 81.3 cm³/mol. The third kappa shape index (κ3) is 3.66. The van der Waals surface area contributed by atoms with E-state index in [-0.39, 0.29) is 0 Å². The topological polar surface area (TPSA) is 30.7 Å². The highest BCUT2D eigenvalue weighted by Crippen LogP contribution is 2.22. The van der Waals surface area contributed by atoms with Gasteiger partial charge in [0.2, 0.25) is 0 Å². The standard InChI is InChI=1S/C14H19N3.C2H6/c1-10(2)13-15-14(17(16-13)11(3)4)12-8-6-5-7-9-12;1-2/h5-11H,1-4H3;1-2H3. The lowest BCUT2D eigenvalue weighted by molar-refractivity contribution is 0.528. The number of hydrogen-bond acceptors (Lipinski definition) is 2. The van der Waals surface area contributed by atoms with E-state index in [1.165, 1.54) is 0 Å². The molecule has 1 heterocycles. The summed E-state index contributed by atoms with van der Waals surface area (Å²) in [7, 11) is 0. The molecule has 0 aliphatic carbocycles. The van der Waals surface area contributed by atoms with Gasteiger partial charge in [-0.15, -0.1) is 0 Å². The van der Waals surface area contributed by atoms with Crippen LogP contribution in [0.2, 0.25) is 0 Å². The van der Waals surface area contributed by atoms with Gasteiger partial charge >= 0.3 is 0 Å². The molecule has 0 amide bonds. The van der Waals surface area contributed by atoms with Crippen molar-refractivity contribution in [3.8, 4) is 11.4 Å². The van der Waals surface area contributed by atoms with Crippen LogP contribution in [-0.2, 0) is 0 Å². The molecule has 0 saturated carbocycles. The van der Waals surface area contributed by atoms with Crippen molar-refractivity contribution in [3.05, 3.63) is 36.2 Å². The van der Waals surface area contributed by atoms with Crippen molar-refractivity contribution >= 4 is 0 Å². The van der Waals surface area contributed by atoms with Crippen molar-refractivity contribution in [2.24, 2.45) is 0 Å². The quantitative estimate of drug-likeness (QED) is 0.801. The zero-order valence-electron chi connectivity index (χ0n) is 12.9. The molecule has 3 heteroatoms. The SMILES string of the molecule is CC.CC(C)c1nc(-c2ccccc2)n(C(C)C)n1. The van der Waals surface area contributed by atoms with Crippen molar-refractivity contribution < 1.29 is 0 Å². The van der Waals surface area contributed by atoms with E-state index < -0.39 is 0 Å². The van der Waals surface area contributed by atoms with Gasteiger partial charge in [-0.2, -0.15) is 5.10 Å². The summed E-state index contributed by atoms with van der Waals surface area (Å²) in [5.41, 5.74) is 1.13. The molecule has 0 spiro atoms. The Hall–Kier alpha value is -1.64. The minimum atomic E-state index is 0.324. The molecule has 2 rings (SSSR count). The normalized spacial score (nSPS) is 10.5. The van der Waals surface area contributed by atoms with Crippen molar-refractivity contribution in [3.63, 3.8) is 0 Å². The van der Waals surface area contributed by atoms with Crippen LogP contribution in [-0.4, -0.2) is 14.8 Å². The largest absolute Gasteiger partial charge is 0.243 e. The molecule has 1 aromatic heterocycles. The second-order valence-electron chi connectivity index (χ2n) is 4.85. The fraction of sp³-hybridized carbons (Fsp3) is 0.500. The fourth-order valence-electron chi connectivity index (χ4n) is 1.73. The summed E-state index contributed by atoms with van der Waals surface area (Å²) in [6.45, 7) is 12.5. The molecule has 0 bridgehead atoms. The van der Waals surface area contributed by atoms with E-state index in [2.05, 4.69) is 49.9 Å². The summed E-state index contributed by atoms with van der Waals surface area (Å²) < 4.78 is 2.00. The first-order valence-corrected chi connectivity index (χ1v) is 7.11. The second kappa shape index (κ2) is 7.07. The van der Waals surface area contributed by atoms with Crippen LogP contribution in [0.15, 0.2) is 30.3 Å². The zero-order valence-corrected chi connectivity index (χ0v) is 12.9. The van der Waals surface area contributed by atoms with Gasteiger partial charge in [0.25, 0.3) is 0 Å². The minimum absolute atomic E-state index is 0.324. The lowest BCUT2D eigenvalue weighted by Crippen LogP contribution is -2.05. The first-order valence-electron chi connectivity index (χ1n) is 7.11. The Kier molecular flexibility index (Phi) is 5.74. The zero-order chi connectivity index (χ0) is 14.4. The van der Waals surface area contributed by atoms with Crippen LogP contribution in [0, 0.1) is 0 Å². The highest BCUT2D eigenvalue weighted by atomic mass is 15.4. The summed E-state index contributed by atoms with van der Waals surface area (Å²) in [5.74, 6) is 2.24. The van der Waals surface area contributed by atoms with Crippen molar-refractivity contribution in [1.29, 1.82) is 0 Å². The molecule has 0 saturated heterocycles. The Bertz CT molecular complexity index is 484. The van der Waals surface area contributed by atoms with Gasteiger partial charge in [-0.25, -0.2) is 9.67 Å². The lowest BCUT2D eigenvalue weighted by atomic mass is 10.2. The third-order valence-electron chi connectivity index (χ3n) is 2.69. The molecule has 0 fully saturated rings. The average Bonchev–Trinajstić information content (AvgIpc) is 2.87. The maximum Gasteiger partial charge on any atom is 0.158 e. The summed E-state index contributed by atoms with van der Waals surface area (Å²) in [5, 5.41) is 4.59. The molecule has 0 radical (unpaired) electrons. The van der Waals surface area contributed by atoms with Crippen molar-refractivity contribution in [2.45, 2.75) is 53.5 Å². The third-order valence-corrected chi connectivity index (χ3v) is 2.69. The summed E-state index contributed by atoms with van der Waals surface area (Å²) in [6.07, 6.45) is 0. The van der Waals surface area contributed by atoms with Crippen LogP contribution in [0.4, 0.5) is 0 Å². The molecule has 0 aliphatic heterocycles. The van der Waals surface area contributed by atoms with Gasteiger partial charge in [0.15, 0.2) is 11.6 Å². The average molecular weight is 259 g/mol. The Morgan fingerprint density at radius 2 is 1.53 bits per heavy atom. The van der Waals surface area contributed by atoms with Crippen LogP contribution in [0.25, 0.3) is 11.4 Å². The molecule has 104 valence electrons. The molecule has 0 aliphatic rings. The van der Waals surface area contributed by atoms with E-state index in [0.717, 1.165) is 17.2 Å². The van der Waals surface area contributed by atoms with Crippen LogP contribution in [0.5, 0.6) is 0 Å². The molecule has 3 nitrogen and oxygen atoms in total. The van der Waals surface area contributed by atoms with Gasteiger partial charge in [-0.3, -0.25) is 0 Å². The summed E-state index contributed by atoms with van der Waals surface area (Å²) in [6, 6.07) is 10.6. The molecule has 2 aromatic rings. The van der Waals surface area contributed by atoms with Gasteiger partial charge in [0.05, 0.1) is 0 Å². The lowest BCUT2D eigenvalue weighted by Gasteiger charge is -2.08. The van der Waals surface area contributed by atoms with Crippen molar-refractivity contribution in [1.82, 2.24) is 14.8 Å². The van der Waals surface area contributed by atoms with Crippen LogP contribution in [0.1, 0.15) is 59.3 Å². The van der Waals surface area contributed by atoms with E-state index >= 15 is 0 Å². The van der Waals surface area contributed by atoms with Gasteiger partial charge < -0.3 is 0 Å². The number of aromatic nitrogens is 3. The van der Waals surface area contributed by atoms with Gasteiger partial charge in [-0.05, 0) is 13.8 Å². The molecule has 0 atom stereocenters. The van der Waals surface area contributed by atoms with E-state index in [4.69, 9.17) is 0 Å². The molecule has 19 heavy (non-hydrogen) atoms. The van der Waals surface area contributed by atoms with E-state index in [9.17, 15) is 0 Å². The van der Waals surface area contributed by atoms with Gasteiger partial charge in [0.1, 0.15) is 0 Å². The number of benzene rings is 1. The Morgan fingerprint density at radius 3 is 2.00 bits per heavy atom. The smallest absolute Gasteiger partial charge is 0.158 e. The van der Waals surface area contributed by atoms with Crippen LogP contribution in [0.3, 0.4) is 0 Å². The van der Waals surface area contributed by atoms with Crippen LogP contribution < -0.4 is 0 Å². The highest BCUT2D eigenvalue weighted by Gasteiger charge is 2.15. The molecule has 1 aromatic carbocycles. The Labute approximate surface area is 116 Å². The number of rotatable bonds is 3. The Morgan fingerprint density at radius 1 is 0.947 bits per heavy atom. The molecule has 0 N–H and O–H groups in total. The van der Waals surface area contributed by atoms with E-state index in [0.29, 0.717) is 12.0 Å². The molecular weight excluding hydrogens is 234 g/mol. The number of nitrogens with zero attached hydrogens (tertiary/aromatic N) is 3. The molecular formula is C16H25N3. The maximum atomic E-state index is 4.65. The summed E-state index contributed by atoms with van der Waals surface area (Å²) >= 11 is 0. The Balaban J connectivity index is 0.000000861. The first-order chi connectivity index (χ1) is 9.09. The van der Waals surface area contributed by atoms with Gasteiger partial charge in [-0.1, -0.05) is 58.0 Å². The van der Waals surface area contributed by atoms with E-state index in [1.807, 2.05) is 36.7 Å².